The van der Waals surface area contributed by atoms with E-state index in [0.29, 0.717) is 13.1 Å². The molecule has 2 rings (SSSR count). The van der Waals surface area contributed by atoms with Crippen molar-refractivity contribution in [3.63, 3.8) is 0 Å². The Hall–Kier alpha value is -2.80. The maximum absolute atomic E-state index is 10.6. The van der Waals surface area contributed by atoms with Gasteiger partial charge in [0.1, 0.15) is 0 Å². The number of rotatable bonds is 9. The van der Waals surface area contributed by atoms with E-state index >= 15 is 0 Å². The van der Waals surface area contributed by atoms with Crippen molar-refractivity contribution in [2.45, 2.75) is 24.7 Å². The summed E-state index contributed by atoms with van der Waals surface area (Å²) in [6, 6.07) is 20.2. The Bertz CT molecular complexity index is 703. The molecule has 0 bridgehead atoms. The first kappa shape index (κ1) is 17.6. The first-order chi connectivity index (χ1) is 11.8. The number of isocyanates is 2. The summed E-state index contributed by atoms with van der Waals surface area (Å²) in [5.74, 6) is 0.355. The summed E-state index contributed by atoms with van der Waals surface area (Å²) in [5, 5.41) is 0. The molecule has 0 aliphatic heterocycles. The molecule has 0 spiro atoms. The second-order valence-corrected chi connectivity index (χ2v) is 5.64. The molecule has 0 aliphatic rings. The predicted octanol–water partition coefficient (Wildman–Crippen LogP) is 4.01. The van der Waals surface area contributed by atoms with Crippen molar-refractivity contribution in [1.82, 2.24) is 0 Å². The minimum atomic E-state index is 0.123. The van der Waals surface area contributed by atoms with Crippen LogP contribution in [0.4, 0.5) is 0 Å². The average Bonchev–Trinajstić information content (AvgIpc) is 2.65. The number of hydrogen-bond donors (Lipinski definition) is 0. The zero-order valence-corrected chi connectivity index (χ0v) is 13.5. The molecule has 0 heterocycles. The van der Waals surface area contributed by atoms with E-state index in [1.807, 2.05) is 36.4 Å². The summed E-state index contributed by atoms with van der Waals surface area (Å²) in [5.41, 5.74) is 2.35. The summed E-state index contributed by atoms with van der Waals surface area (Å²) in [7, 11) is 0. The Balaban J connectivity index is 2.22. The van der Waals surface area contributed by atoms with Gasteiger partial charge in [-0.3, -0.25) is 0 Å². The molecule has 4 nitrogen and oxygen atoms in total. The molecular weight excluding hydrogens is 300 g/mol. The van der Waals surface area contributed by atoms with Gasteiger partial charge in [-0.05, 0) is 29.9 Å². The molecule has 2 aromatic carbocycles. The summed E-state index contributed by atoms with van der Waals surface area (Å²) in [6.07, 6.45) is 4.82. The van der Waals surface area contributed by atoms with Gasteiger partial charge in [0.05, 0.1) is 13.1 Å². The van der Waals surface area contributed by atoms with Gasteiger partial charge < -0.3 is 0 Å². The second-order valence-electron chi connectivity index (χ2n) is 5.64. The first-order valence-corrected chi connectivity index (χ1v) is 8.02. The number of aliphatic imine (C=N–C) groups is 2. The Morgan fingerprint density at radius 1 is 0.750 bits per heavy atom. The maximum atomic E-state index is 10.6. The van der Waals surface area contributed by atoms with Crippen molar-refractivity contribution in [3.8, 4) is 0 Å². The van der Waals surface area contributed by atoms with Gasteiger partial charge in [-0.2, -0.15) is 0 Å². The van der Waals surface area contributed by atoms with Crippen LogP contribution in [0.5, 0.6) is 0 Å². The highest BCUT2D eigenvalue weighted by Gasteiger charge is 2.19. The zero-order chi connectivity index (χ0) is 17.0. The SMILES string of the molecule is O=C=NCCC(CC(CN=C=O)c1ccccc1)c1ccccc1. The first-order valence-electron chi connectivity index (χ1n) is 8.02. The third-order valence-corrected chi connectivity index (χ3v) is 4.14. The highest BCUT2D eigenvalue weighted by atomic mass is 16.1. The Morgan fingerprint density at radius 3 is 1.83 bits per heavy atom. The van der Waals surface area contributed by atoms with Gasteiger partial charge in [0.15, 0.2) is 0 Å². The Morgan fingerprint density at radius 2 is 1.29 bits per heavy atom. The monoisotopic (exact) mass is 320 g/mol. The number of carbonyl (C=O) groups excluding carboxylic acids is 2. The highest BCUT2D eigenvalue weighted by molar-refractivity contribution is 5.34. The van der Waals surface area contributed by atoms with Gasteiger partial charge in [0.25, 0.3) is 0 Å². The third kappa shape index (κ3) is 5.44. The minimum Gasteiger partial charge on any atom is -0.211 e. The van der Waals surface area contributed by atoms with Crippen LogP contribution in [0.3, 0.4) is 0 Å². The standard InChI is InChI=1S/C20H20N2O2/c23-15-21-12-11-19(17-7-3-1-4-8-17)13-20(14-22-16-24)18-9-5-2-6-10-18/h1-10,19-20H,11-14H2. The van der Waals surface area contributed by atoms with E-state index in [1.165, 1.54) is 5.56 Å². The van der Waals surface area contributed by atoms with Gasteiger partial charge in [0, 0.05) is 5.92 Å². The van der Waals surface area contributed by atoms with Gasteiger partial charge >= 0.3 is 0 Å². The van der Waals surface area contributed by atoms with E-state index in [-0.39, 0.29) is 11.8 Å². The molecule has 0 aliphatic carbocycles. The fourth-order valence-corrected chi connectivity index (χ4v) is 2.94. The lowest BCUT2D eigenvalue weighted by Crippen LogP contribution is -2.11. The van der Waals surface area contributed by atoms with Gasteiger partial charge in [0.2, 0.25) is 12.2 Å². The van der Waals surface area contributed by atoms with E-state index in [4.69, 9.17) is 0 Å². The van der Waals surface area contributed by atoms with Crippen LogP contribution in [0.1, 0.15) is 35.8 Å². The van der Waals surface area contributed by atoms with Gasteiger partial charge in [-0.15, -0.1) is 0 Å². The van der Waals surface area contributed by atoms with Crippen LogP contribution in [0.15, 0.2) is 70.6 Å². The van der Waals surface area contributed by atoms with Crippen molar-refractivity contribution >= 4 is 12.2 Å². The Labute approximate surface area is 142 Å². The summed E-state index contributed by atoms with van der Waals surface area (Å²) < 4.78 is 0. The fraction of sp³-hybridized carbons (Fsp3) is 0.300. The van der Waals surface area contributed by atoms with Crippen LogP contribution >= 0.6 is 0 Å². The second kappa shape index (κ2) is 10.1. The maximum Gasteiger partial charge on any atom is 0.234 e. The molecule has 122 valence electrons. The highest BCUT2D eigenvalue weighted by Crippen LogP contribution is 2.32. The van der Waals surface area contributed by atoms with Crippen LogP contribution in [0.25, 0.3) is 0 Å². The lowest BCUT2D eigenvalue weighted by Gasteiger charge is -2.22. The van der Waals surface area contributed by atoms with Crippen LogP contribution in [-0.4, -0.2) is 25.2 Å². The van der Waals surface area contributed by atoms with Crippen molar-refractivity contribution in [2.24, 2.45) is 9.98 Å². The fourth-order valence-electron chi connectivity index (χ4n) is 2.94. The Kier molecular flexibility index (Phi) is 7.36. The van der Waals surface area contributed by atoms with E-state index in [1.54, 1.807) is 12.2 Å². The third-order valence-electron chi connectivity index (χ3n) is 4.14. The quantitative estimate of drug-likeness (QED) is 0.518. The van der Waals surface area contributed by atoms with Crippen LogP contribution in [0.2, 0.25) is 0 Å². The van der Waals surface area contributed by atoms with Crippen LogP contribution < -0.4 is 0 Å². The van der Waals surface area contributed by atoms with Crippen molar-refractivity contribution < 1.29 is 9.59 Å². The number of nitrogens with zero attached hydrogens (tertiary/aromatic N) is 2. The molecule has 0 aromatic heterocycles. The topological polar surface area (TPSA) is 58.9 Å². The van der Waals surface area contributed by atoms with E-state index in [2.05, 4.69) is 34.3 Å². The van der Waals surface area contributed by atoms with E-state index < -0.39 is 0 Å². The van der Waals surface area contributed by atoms with E-state index in [9.17, 15) is 9.59 Å². The molecule has 24 heavy (non-hydrogen) atoms. The molecule has 2 unspecified atom stereocenters. The average molecular weight is 320 g/mol. The van der Waals surface area contributed by atoms with Crippen molar-refractivity contribution in [2.75, 3.05) is 13.1 Å². The van der Waals surface area contributed by atoms with Crippen LogP contribution in [0, 0.1) is 0 Å². The molecule has 0 saturated carbocycles. The molecule has 2 aromatic rings. The van der Waals surface area contributed by atoms with Crippen molar-refractivity contribution in [3.05, 3.63) is 71.8 Å². The van der Waals surface area contributed by atoms with E-state index in [0.717, 1.165) is 18.4 Å². The minimum absolute atomic E-state index is 0.123. The van der Waals surface area contributed by atoms with Gasteiger partial charge in [-0.1, -0.05) is 60.7 Å². The molecule has 2 atom stereocenters. The van der Waals surface area contributed by atoms with Gasteiger partial charge in [-0.25, -0.2) is 19.6 Å². The number of hydrogen-bond acceptors (Lipinski definition) is 4. The predicted molar refractivity (Wildman–Crippen MR) is 93.6 cm³/mol. The van der Waals surface area contributed by atoms with Crippen LogP contribution in [-0.2, 0) is 9.59 Å². The lowest BCUT2D eigenvalue weighted by atomic mass is 9.83. The molecule has 0 saturated heterocycles. The molecule has 0 N–H and O–H groups in total. The normalized spacial score (nSPS) is 12.5. The summed E-state index contributed by atoms with van der Waals surface area (Å²) in [4.78, 5) is 28.4. The summed E-state index contributed by atoms with van der Waals surface area (Å²) in [6.45, 7) is 0.856. The molecule has 0 amide bonds. The molecule has 0 radical (unpaired) electrons. The number of benzene rings is 2. The molecule has 0 fully saturated rings. The summed E-state index contributed by atoms with van der Waals surface area (Å²) >= 11 is 0. The largest absolute Gasteiger partial charge is 0.234 e. The lowest BCUT2D eigenvalue weighted by molar-refractivity contribution is 0.508. The smallest absolute Gasteiger partial charge is 0.211 e. The molecular formula is C20H20N2O2. The zero-order valence-electron chi connectivity index (χ0n) is 13.5. The van der Waals surface area contributed by atoms with Crippen molar-refractivity contribution in [1.29, 1.82) is 0 Å². The molecule has 4 heteroatoms.